The number of rotatable bonds is 2. The SMILES string of the molecule is CN1C(=O)[C@H]2N[C@@H](c3ccccc3)[C@@H](C(=O)O)[C@@H]2c2ccccc21. The lowest BCUT2D eigenvalue weighted by Gasteiger charge is -2.35. The van der Waals surface area contributed by atoms with Gasteiger partial charge in [0, 0.05) is 24.7 Å². The Hall–Kier alpha value is -2.66. The number of anilines is 1. The summed E-state index contributed by atoms with van der Waals surface area (Å²) in [6.45, 7) is 0. The second kappa shape index (κ2) is 5.46. The van der Waals surface area contributed by atoms with Crippen LogP contribution in [0.3, 0.4) is 0 Å². The Labute approximate surface area is 139 Å². The predicted molar refractivity (Wildman–Crippen MR) is 89.8 cm³/mol. The van der Waals surface area contributed by atoms with E-state index in [1.807, 2.05) is 54.6 Å². The molecule has 2 aromatic rings. The van der Waals surface area contributed by atoms with Crippen molar-refractivity contribution >= 4 is 17.6 Å². The van der Waals surface area contributed by atoms with Gasteiger partial charge in [-0.05, 0) is 17.2 Å². The van der Waals surface area contributed by atoms with Crippen LogP contribution in [-0.2, 0) is 9.59 Å². The predicted octanol–water partition coefficient (Wildman–Crippen LogP) is 2.16. The van der Waals surface area contributed by atoms with Crippen LogP contribution in [-0.4, -0.2) is 30.1 Å². The number of carboxylic acids is 1. The van der Waals surface area contributed by atoms with Crippen LogP contribution in [0.15, 0.2) is 54.6 Å². The standard InChI is InChI=1S/C19H18N2O3/c1-21-13-10-6-5-9-12(13)14-15(19(23)24)16(20-17(14)18(21)22)11-7-3-2-4-8-11/h2-10,14-17,20H,1H3,(H,23,24)/t14-,15-,16-,17-/m0/s1. The number of fused-ring (bicyclic) bond motifs is 3. The number of carbonyl (C=O) groups excluding carboxylic acids is 1. The third-order valence-electron chi connectivity index (χ3n) is 5.16. The highest BCUT2D eigenvalue weighted by atomic mass is 16.4. The number of hydrogen-bond donors (Lipinski definition) is 2. The molecule has 0 aromatic heterocycles. The van der Waals surface area contributed by atoms with Gasteiger partial charge >= 0.3 is 5.97 Å². The number of hydrogen-bond acceptors (Lipinski definition) is 3. The first-order valence-electron chi connectivity index (χ1n) is 8.00. The number of benzene rings is 2. The molecule has 5 heteroatoms. The van der Waals surface area contributed by atoms with Gasteiger partial charge < -0.3 is 10.0 Å². The zero-order chi connectivity index (χ0) is 16.8. The van der Waals surface area contributed by atoms with Crippen molar-refractivity contribution < 1.29 is 14.7 Å². The molecule has 24 heavy (non-hydrogen) atoms. The molecule has 1 amide bonds. The topological polar surface area (TPSA) is 69.6 Å². The molecule has 0 bridgehead atoms. The number of aliphatic carboxylic acids is 1. The van der Waals surface area contributed by atoms with Crippen molar-refractivity contribution in [2.24, 2.45) is 5.92 Å². The van der Waals surface area contributed by atoms with Crippen LogP contribution in [0.5, 0.6) is 0 Å². The number of para-hydroxylation sites is 1. The fourth-order valence-corrected chi connectivity index (χ4v) is 4.08. The van der Waals surface area contributed by atoms with E-state index in [0.717, 1.165) is 16.8 Å². The van der Waals surface area contributed by atoms with Gasteiger partial charge in [0.2, 0.25) is 5.91 Å². The molecule has 5 nitrogen and oxygen atoms in total. The van der Waals surface area contributed by atoms with E-state index < -0.39 is 17.9 Å². The fourth-order valence-electron chi connectivity index (χ4n) is 4.08. The maximum absolute atomic E-state index is 12.8. The smallest absolute Gasteiger partial charge is 0.309 e. The van der Waals surface area contributed by atoms with Gasteiger partial charge in [0.15, 0.2) is 0 Å². The number of carboxylic acid groups (broad SMARTS) is 1. The minimum atomic E-state index is -0.879. The summed E-state index contributed by atoms with van der Waals surface area (Å²) in [5, 5.41) is 13.2. The summed E-state index contributed by atoms with van der Waals surface area (Å²) in [6, 6.07) is 16.2. The Kier molecular flexibility index (Phi) is 3.39. The molecule has 2 aliphatic rings. The number of carbonyl (C=O) groups is 2. The Morgan fingerprint density at radius 2 is 1.71 bits per heavy atom. The number of likely N-dealkylation sites (N-methyl/N-ethyl adjacent to an activating group) is 1. The van der Waals surface area contributed by atoms with Crippen LogP contribution >= 0.6 is 0 Å². The van der Waals surface area contributed by atoms with Gasteiger partial charge in [-0.15, -0.1) is 0 Å². The molecule has 0 radical (unpaired) electrons. The third kappa shape index (κ3) is 2.05. The Bertz CT molecular complexity index is 805. The molecule has 122 valence electrons. The summed E-state index contributed by atoms with van der Waals surface area (Å²) in [4.78, 5) is 26.5. The van der Waals surface area contributed by atoms with Crippen LogP contribution in [0.2, 0.25) is 0 Å². The molecule has 2 aromatic carbocycles. The maximum atomic E-state index is 12.8. The molecule has 0 spiro atoms. The van der Waals surface area contributed by atoms with Crippen LogP contribution in [0.1, 0.15) is 23.1 Å². The van der Waals surface area contributed by atoms with Gasteiger partial charge in [-0.3, -0.25) is 14.9 Å². The lowest BCUT2D eigenvalue weighted by atomic mass is 9.77. The molecule has 1 fully saturated rings. The van der Waals surface area contributed by atoms with Crippen molar-refractivity contribution in [3.05, 3.63) is 65.7 Å². The van der Waals surface area contributed by atoms with Crippen LogP contribution < -0.4 is 10.2 Å². The van der Waals surface area contributed by atoms with Crippen LogP contribution in [0, 0.1) is 5.92 Å². The van der Waals surface area contributed by atoms with Gasteiger partial charge in [0.1, 0.15) is 0 Å². The molecule has 2 heterocycles. The van der Waals surface area contributed by atoms with Crippen molar-refractivity contribution in [2.45, 2.75) is 18.0 Å². The van der Waals surface area contributed by atoms with E-state index in [9.17, 15) is 14.7 Å². The molecule has 2 aliphatic heterocycles. The maximum Gasteiger partial charge on any atom is 0.309 e. The molecule has 0 unspecified atom stereocenters. The monoisotopic (exact) mass is 322 g/mol. The molecular formula is C19H18N2O3. The molecule has 1 saturated heterocycles. The Balaban J connectivity index is 1.86. The van der Waals surface area contributed by atoms with Gasteiger partial charge in [-0.25, -0.2) is 0 Å². The second-order valence-corrected chi connectivity index (χ2v) is 6.38. The van der Waals surface area contributed by atoms with Crippen molar-refractivity contribution in [3.63, 3.8) is 0 Å². The average molecular weight is 322 g/mol. The van der Waals surface area contributed by atoms with E-state index in [1.165, 1.54) is 0 Å². The zero-order valence-corrected chi connectivity index (χ0v) is 13.2. The summed E-state index contributed by atoms with van der Waals surface area (Å²) in [7, 11) is 1.74. The molecular weight excluding hydrogens is 304 g/mol. The number of nitrogens with one attached hydrogen (secondary N) is 1. The van der Waals surface area contributed by atoms with E-state index in [1.54, 1.807) is 11.9 Å². The van der Waals surface area contributed by atoms with E-state index in [0.29, 0.717) is 0 Å². The normalized spacial score (nSPS) is 28.4. The summed E-state index contributed by atoms with van der Waals surface area (Å²) >= 11 is 0. The lowest BCUT2D eigenvalue weighted by Crippen LogP contribution is -2.48. The highest BCUT2D eigenvalue weighted by Crippen LogP contribution is 2.49. The summed E-state index contributed by atoms with van der Waals surface area (Å²) in [5.74, 6) is -2.01. The van der Waals surface area contributed by atoms with E-state index in [2.05, 4.69) is 5.32 Å². The quantitative estimate of drug-likeness (QED) is 0.889. The highest BCUT2D eigenvalue weighted by molar-refractivity contribution is 6.02. The van der Waals surface area contributed by atoms with Gasteiger partial charge in [0.05, 0.1) is 12.0 Å². The Morgan fingerprint density at radius 3 is 2.42 bits per heavy atom. The summed E-state index contributed by atoms with van der Waals surface area (Å²) in [6.07, 6.45) is 0. The van der Waals surface area contributed by atoms with Crippen LogP contribution in [0.25, 0.3) is 0 Å². The Morgan fingerprint density at radius 1 is 1.04 bits per heavy atom. The summed E-state index contributed by atoms with van der Waals surface area (Å²) in [5.41, 5.74) is 2.61. The molecule has 4 rings (SSSR count). The minimum absolute atomic E-state index is 0.0802. The number of nitrogens with zero attached hydrogens (tertiary/aromatic N) is 1. The van der Waals surface area contributed by atoms with E-state index in [-0.39, 0.29) is 17.9 Å². The summed E-state index contributed by atoms with van der Waals surface area (Å²) < 4.78 is 0. The second-order valence-electron chi connectivity index (χ2n) is 6.38. The average Bonchev–Trinajstić information content (AvgIpc) is 3.01. The largest absolute Gasteiger partial charge is 0.481 e. The number of amides is 1. The van der Waals surface area contributed by atoms with Crippen molar-refractivity contribution in [1.29, 1.82) is 0 Å². The molecule has 2 N–H and O–H groups in total. The van der Waals surface area contributed by atoms with Crippen molar-refractivity contribution in [3.8, 4) is 0 Å². The van der Waals surface area contributed by atoms with Gasteiger partial charge in [0.25, 0.3) is 0 Å². The van der Waals surface area contributed by atoms with Gasteiger partial charge in [-0.2, -0.15) is 0 Å². The molecule has 0 saturated carbocycles. The molecule has 4 atom stereocenters. The highest BCUT2D eigenvalue weighted by Gasteiger charge is 2.54. The van der Waals surface area contributed by atoms with E-state index >= 15 is 0 Å². The van der Waals surface area contributed by atoms with E-state index in [4.69, 9.17) is 0 Å². The molecule has 0 aliphatic carbocycles. The lowest BCUT2D eigenvalue weighted by molar-refractivity contribution is -0.142. The van der Waals surface area contributed by atoms with Crippen molar-refractivity contribution in [1.82, 2.24) is 5.32 Å². The van der Waals surface area contributed by atoms with Crippen molar-refractivity contribution in [2.75, 3.05) is 11.9 Å². The first-order valence-corrected chi connectivity index (χ1v) is 8.00. The minimum Gasteiger partial charge on any atom is -0.481 e. The first kappa shape index (κ1) is 14.9. The fraction of sp³-hybridized carbons (Fsp3) is 0.263. The third-order valence-corrected chi connectivity index (χ3v) is 5.16. The van der Waals surface area contributed by atoms with Crippen LogP contribution in [0.4, 0.5) is 5.69 Å². The first-order chi connectivity index (χ1) is 11.6. The zero-order valence-electron chi connectivity index (χ0n) is 13.2. The van der Waals surface area contributed by atoms with Gasteiger partial charge in [-0.1, -0.05) is 48.5 Å².